The maximum atomic E-state index is 13.1. The van der Waals surface area contributed by atoms with Crippen molar-refractivity contribution in [3.63, 3.8) is 0 Å². The summed E-state index contributed by atoms with van der Waals surface area (Å²) in [6.07, 6.45) is 0.735. The average molecular weight is 271 g/mol. The number of anilines is 3. The third kappa shape index (κ3) is 2.18. The van der Waals surface area contributed by atoms with Gasteiger partial charge in [0, 0.05) is 23.5 Å². The van der Waals surface area contributed by atoms with Gasteiger partial charge in [0.1, 0.15) is 5.82 Å². The first kappa shape index (κ1) is 12.5. The van der Waals surface area contributed by atoms with Crippen LogP contribution >= 0.6 is 0 Å². The van der Waals surface area contributed by atoms with E-state index in [-0.39, 0.29) is 11.8 Å². The van der Waals surface area contributed by atoms with E-state index in [0.717, 1.165) is 17.7 Å². The van der Waals surface area contributed by atoms with Crippen LogP contribution in [0.4, 0.5) is 26.2 Å². The van der Waals surface area contributed by atoms with Crippen molar-refractivity contribution in [1.82, 2.24) is 0 Å². The molecule has 1 aliphatic rings. The second kappa shape index (κ2) is 4.85. The third-order valence-electron chi connectivity index (χ3n) is 3.38. The van der Waals surface area contributed by atoms with Crippen LogP contribution in [0.3, 0.4) is 0 Å². The Morgan fingerprint density at radius 3 is 2.85 bits per heavy atom. The number of halogens is 1. The van der Waals surface area contributed by atoms with Crippen molar-refractivity contribution in [3.05, 3.63) is 53.8 Å². The van der Waals surface area contributed by atoms with Gasteiger partial charge in [0.15, 0.2) is 0 Å². The van der Waals surface area contributed by atoms with Crippen molar-refractivity contribution in [1.29, 1.82) is 0 Å². The summed E-state index contributed by atoms with van der Waals surface area (Å²) in [4.78, 5) is 13.9. The summed E-state index contributed by atoms with van der Waals surface area (Å²) >= 11 is 0. The van der Waals surface area contributed by atoms with E-state index < -0.39 is 0 Å². The van der Waals surface area contributed by atoms with Gasteiger partial charge in [0.2, 0.25) is 0 Å². The van der Waals surface area contributed by atoms with E-state index in [1.54, 1.807) is 17.0 Å². The van der Waals surface area contributed by atoms with E-state index in [0.29, 0.717) is 17.9 Å². The minimum Gasteiger partial charge on any atom is -0.398 e. The number of nitrogens with one attached hydrogen (secondary N) is 1. The van der Waals surface area contributed by atoms with E-state index >= 15 is 0 Å². The van der Waals surface area contributed by atoms with Crippen LogP contribution in [-0.4, -0.2) is 12.6 Å². The van der Waals surface area contributed by atoms with Crippen LogP contribution in [0.1, 0.15) is 5.56 Å². The van der Waals surface area contributed by atoms with Gasteiger partial charge in [-0.15, -0.1) is 0 Å². The minimum atomic E-state index is -0.381. The predicted octanol–water partition coefficient (Wildman–Crippen LogP) is 3.00. The van der Waals surface area contributed by atoms with Crippen molar-refractivity contribution >= 4 is 23.1 Å². The van der Waals surface area contributed by atoms with Crippen molar-refractivity contribution in [2.24, 2.45) is 0 Å². The maximum Gasteiger partial charge on any atom is 0.326 e. The lowest BCUT2D eigenvalue weighted by Crippen LogP contribution is -2.33. The summed E-state index contributed by atoms with van der Waals surface area (Å²) in [5, 5.41) is 2.69. The number of fused-ring (bicyclic) bond motifs is 1. The fraction of sp³-hybridized carbons (Fsp3) is 0.133. The molecule has 1 heterocycles. The van der Waals surface area contributed by atoms with Crippen molar-refractivity contribution < 1.29 is 9.18 Å². The van der Waals surface area contributed by atoms with Crippen LogP contribution in [0, 0.1) is 5.82 Å². The van der Waals surface area contributed by atoms with Gasteiger partial charge < -0.3 is 11.1 Å². The van der Waals surface area contributed by atoms with E-state index in [1.165, 1.54) is 12.1 Å². The monoisotopic (exact) mass is 271 g/mol. The maximum absolute atomic E-state index is 13.1. The summed E-state index contributed by atoms with van der Waals surface area (Å²) in [5.41, 5.74) is 8.84. The highest BCUT2D eigenvalue weighted by molar-refractivity contribution is 6.03. The van der Waals surface area contributed by atoms with Gasteiger partial charge in [-0.1, -0.05) is 12.1 Å². The highest BCUT2D eigenvalue weighted by atomic mass is 19.1. The number of carbonyl (C=O) groups is 1. The van der Waals surface area contributed by atoms with Gasteiger partial charge in [-0.2, -0.15) is 0 Å². The zero-order valence-corrected chi connectivity index (χ0v) is 10.8. The van der Waals surface area contributed by atoms with Gasteiger partial charge in [-0.3, -0.25) is 4.90 Å². The van der Waals surface area contributed by atoms with E-state index in [4.69, 9.17) is 5.73 Å². The lowest BCUT2D eigenvalue weighted by atomic mass is 10.1. The Balaban J connectivity index is 1.82. The molecule has 0 saturated carbocycles. The minimum absolute atomic E-state index is 0.278. The normalized spacial score (nSPS) is 13.2. The predicted molar refractivity (Wildman–Crippen MR) is 77.3 cm³/mol. The molecule has 4 nitrogen and oxygen atoms in total. The number of hydrogen-bond acceptors (Lipinski definition) is 2. The molecule has 0 radical (unpaired) electrons. The Morgan fingerprint density at radius 1 is 1.25 bits per heavy atom. The molecule has 0 atom stereocenters. The summed E-state index contributed by atoms with van der Waals surface area (Å²) < 4.78 is 13.1. The fourth-order valence-corrected chi connectivity index (χ4v) is 2.43. The average Bonchev–Trinajstić information content (AvgIpc) is 2.84. The lowest BCUT2D eigenvalue weighted by Gasteiger charge is -2.18. The molecule has 0 aromatic heterocycles. The van der Waals surface area contributed by atoms with Crippen LogP contribution in [0.25, 0.3) is 0 Å². The molecule has 1 aliphatic heterocycles. The number of benzene rings is 2. The number of nitrogen functional groups attached to an aromatic ring is 1. The first-order chi connectivity index (χ1) is 9.65. The van der Waals surface area contributed by atoms with Crippen molar-refractivity contribution in [2.75, 3.05) is 22.5 Å². The SMILES string of the molecule is Nc1cccc2c1CCN2C(=O)Nc1cccc(F)c1. The Kier molecular flexibility index (Phi) is 3.02. The summed E-state index contributed by atoms with van der Waals surface area (Å²) in [7, 11) is 0. The van der Waals surface area contributed by atoms with Crippen LogP contribution in [0.5, 0.6) is 0 Å². The van der Waals surface area contributed by atoms with Crippen LogP contribution < -0.4 is 16.0 Å². The lowest BCUT2D eigenvalue weighted by molar-refractivity contribution is 0.257. The molecule has 0 aliphatic carbocycles. The number of hydrogen-bond donors (Lipinski definition) is 2. The molecule has 0 bridgehead atoms. The number of carbonyl (C=O) groups excluding carboxylic acids is 1. The number of urea groups is 1. The second-order valence-corrected chi connectivity index (χ2v) is 4.69. The summed E-state index contributed by atoms with van der Waals surface area (Å²) in [6, 6.07) is 11.1. The van der Waals surface area contributed by atoms with E-state index in [9.17, 15) is 9.18 Å². The second-order valence-electron chi connectivity index (χ2n) is 4.69. The molecule has 3 N–H and O–H groups in total. The first-order valence-electron chi connectivity index (χ1n) is 6.36. The molecule has 2 aromatic rings. The van der Waals surface area contributed by atoms with Crippen LogP contribution in [0.15, 0.2) is 42.5 Å². The van der Waals surface area contributed by atoms with E-state index in [2.05, 4.69) is 5.32 Å². The van der Waals surface area contributed by atoms with Crippen molar-refractivity contribution in [2.45, 2.75) is 6.42 Å². The van der Waals surface area contributed by atoms with Crippen molar-refractivity contribution in [3.8, 4) is 0 Å². The molecule has 20 heavy (non-hydrogen) atoms. The fourth-order valence-electron chi connectivity index (χ4n) is 2.43. The quantitative estimate of drug-likeness (QED) is 0.783. The summed E-state index contributed by atoms with van der Waals surface area (Å²) in [6.45, 7) is 0.574. The third-order valence-corrected chi connectivity index (χ3v) is 3.38. The molecule has 0 spiro atoms. The Bertz CT molecular complexity index is 672. The highest BCUT2D eigenvalue weighted by Gasteiger charge is 2.25. The molecule has 5 heteroatoms. The number of amides is 2. The number of rotatable bonds is 1. The molecule has 0 unspecified atom stereocenters. The Labute approximate surface area is 116 Å². The molecular weight excluding hydrogens is 257 g/mol. The number of nitrogens with two attached hydrogens (primary N) is 1. The molecule has 2 amide bonds. The molecule has 102 valence electrons. The summed E-state index contributed by atoms with van der Waals surface area (Å²) in [5.74, 6) is -0.381. The van der Waals surface area contributed by atoms with Gasteiger partial charge in [0.25, 0.3) is 0 Å². The van der Waals surface area contributed by atoms with Crippen LogP contribution in [0.2, 0.25) is 0 Å². The van der Waals surface area contributed by atoms with Gasteiger partial charge in [-0.05, 0) is 36.8 Å². The topological polar surface area (TPSA) is 58.4 Å². The number of nitrogens with zero attached hydrogens (tertiary/aromatic N) is 1. The largest absolute Gasteiger partial charge is 0.398 e. The molecule has 0 fully saturated rings. The Morgan fingerprint density at radius 2 is 2.05 bits per heavy atom. The van der Waals surface area contributed by atoms with Gasteiger partial charge >= 0.3 is 6.03 Å². The van der Waals surface area contributed by atoms with E-state index in [1.807, 2.05) is 18.2 Å². The first-order valence-corrected chi connectivity index (χ1v) is 6.36. The zero-order chi connectivity index (χ0) is 14.1. The smallest absolute Gasteiger partial charge is 0.326 e. The van der Waals surface area contributed by atoms with Gasteiger partial charge in [0.05, 0.1) is 5.69 Å². The molecular formula is C15H14FN3O. The molecule has 2 aromatic carbocycles. The molecule has 3 rings (SSSR count). The molecule has 0 saturated heterocycles. The van der Waals surface area contributed by atoms with Crippen LogP contribution in [-0.2, 0) is 6.42 Å². The van der Waals surface area contributed by atoms with Gasteiger partial charge in [-0.25, -0.2) is 9.18 Å². The Hall–Kier alpha value is -2.56. The zero-order valence-electron chi connectivity index (χ0n) is 10.8. The highest BCUT2D eigenvalue weighted by Crippen LogP contribution is 2.32. The standard InChI is InChI=1S/C15H14FN3O/c16-10-3-1-4-11(9-10)18-15(20)19-8-7-12-13(17)5-2-6-14(12)19/h1-6,9H,7-8,17H2,(H,18,20).